The van der Waals surface area contributed by atoms with Gasteiger partial charge in [-0.05, 0) is 0 Å². The van der Waals surface area contributed by atoms with Crippen LogP contribution in [0.25, 0.3) is 22.3 Å². The van der Waals surface area contributed by atoms with Crippen LogP contribution in [0.4, 0.5) is 11.8 Å². The number of anilines is 2. The van der Waals surface area contributed by atoms with Gasteiger partial charge in [0, 0.05) is 0 Å². The second-order valence-corrected chi connectivity index (χ2v) is 18.7. The number of nitrogens with zero attached hydrogens (tertiary/aromatic N) is 7. The molecule has 9 N–H and O–H groups in total. The molecule has 0 amide bonds. The third-order valence-corrected chi connectivity index (χ3v) is 15.7. The molecule has 3 saturated heterocycles. The molecule has 4 unspecified atom stereocenters. The molecule has 242 valence electrons. The van der Waals surface area contributed by atoms with Gasteiger partial charge in [-0.2, -0.15) is 0 Å². The van der Waals surface area contributed by atoms with E-state index in [4.69, 9.17) is 29.6 Å². The minimum absolute atomic E-state index is 0.0343. The first kappa shape index (κ1) is 31.3. The van der Waals surface area contributed by atoms with E-state index < -0.39 is 108 Å². The summed E-state index contributed by atoms with van der Waals surface area (Å²) >= 11 is -1.48. The molecule has 3 aliphatic heterocycles. The van der Waals surface area contributed by atoms with Gasteiger partial charge in [-0.1, -0.05) is 0 Å². The van der Waals surface area contributed by atoms with E-state index in [2.05, 4.69) is 29.9 Å². The Morgan fingerprint density at radius 1 is 0.844 bits per heavy atom. The molecule has 0 aliphatic carbocycles. The molecule has 25 heteroatoms. The van der Waals surface area contributed by atoms with Crippen molar-refractivity contribution in [3.63, 3.8) is 0 Å². The quantitative estimate of drug-likeness (QED) is 0.0841. The standard InChI is InChI=1S/C20H24N10O11P2Se2/c21-14-8-15(24-3-23-14)29(4-25-8)18-11(32)12-7(45-18)2-39-43(36,37)41-13-10(31)6(1-38-42(34,35)40-12)44-19(13)30-5-26-9-16(30)27-20(22)28-17(9)33/h3-7,10-13,18-19,31-32H,1-2H2,(H,34,35)(H,36,37)(H2,21,23,24)(H3,22,27,28,33)/t6-,7-,10?,11+,12?,13+,18-,19-/m1/s1. The third kappa shape index (κ3) is 5.66. The van der Waals surface area contributed by atoms with Gasteiger partial charge in [0.1, 0.15) is 0 Å². The van der Waals surface area contributed by atoms with Crippen LogP contribution < -0.4 is 17.0 Å². The van der Waals surface area contributed by atoms with Crippen molar-refractivity contribution < 1.29 is 47.2 Å². The van der Waals surface area contributed by atoms with Crippen molar-refractivity contribution in [1.82, 2.24) is 39.0 Å². The maximum absolute atomic E-state index is 13.3. The van der Waals surface area contributed by atoms with Crippen LogP contribution in [0.1, 0.15) is 9.88 Å². The fourth-order valence-corrected chi connectivity index (χ4v) is 14.3. The van der Waals surface area contributed by atoms with E-state index >= 15 is 0 Å². The number of nitrogen functional groups attached to an aromatic ring is 2. The number of H-pyrrole nitrogens is 1. The molecule has 0 aromatic carbocycles. The second-order valence-electron chi connectivity index (χ2n) is 10.1. The number of aromatic nitrogens is 8. The number of hydrogen-bond donors (Lipinski definition) is 7. The SMILES string of the molecule is Nc1nc2c(ncn2[C@@H]2[Se][C@@H]3COP(=O)(O)OC4[C@@H](COP(=O)(O)O[C@H]2C3O)[Se][C@@H](n2cnc3c(N)ncnc32)[C@H]4O)c(=O)[nH]1. The fraction of sp³-hybridized carbons (Fsp3) is 0.500. The molecule has 4 aromatic heterocycles. The molecule has 4 aromatic rings. The summed E-state index contributed by atoms with van der Waals surface area (Å²) in [5.41, 5.74) is 11.5. The number of aromatic amines is 1. The molecule has 3 aliphatic rings. The molecule has 2 bridgehead atoms. The van der Waals surface area contributed by atoms with Crippen molar-refractivity contribution in [2.75, 3.05) is 24.7 Å². The van der Waals surface area contributed by atoms with Crippen molar-refractivity contribution in [1.29, 1.82) is 0 Å². The average molecular weight is 800 g/mol. The Hall–Kier alpha value is -2.32. The van der Waals surface area contributed by atoms with Crippen molar-refractivity contribution in [2.24, 2.45) is 0 Å². The number of phosphoric acid groups is 2. The van der Waals surface area contributed by atoms with Crippen LogP contribution in [0.15, 0.2) is 23.8 Å². The molecular formula is C20H24N10O11P2Se2. The molecule has 45 heavy (non-hydrogen) atoms. The summed E-state index contributed by atoms with van der Waals surface area (Å²) in [5.74, 6) is -0.0959. The summed E-state index contributed by atoms with van der Waals surface area (Å²) in [6.45, 7) is -1.06. The monoisotopic (exact) mass is 802 g/mol. The van der Waals surface area contributed by atoms with Gasteiger partial charge in [-0.3, -0.25) is 0 Å². The van der Waals surface area contributed by atoms with Gasteiger partial charge in [-0.15, -0.1) is 0 Å². The first-order valence-electron chi connectivity index (χ1n) is 13.0. The number of phosphoric ester groups is 2. The number of rotatable bonds is 2. The molecular weight excluding hydrogens is 776 g/mol. The summed E-state index contributed by atoms with van der Waals surface area (Å²) in [6, 6.07) is 0. The molecule has 7 rings (SSSR count). The maximum atomic E-state index is 13.3. The predicted octanol–water partition coefficient (Wildman–Crippen LogP) is -2.13. The number of hydrogen-bond acceptors (Lipinski definition) is 16. The zero-order valence-electron chi connectivity index (χ0n) is 22.4. The number of nitrogens with two attached hydrogens (primary N) is 2. The first-order valence-corrected chi connectivity index (χ1v) is 19.9. The summed E-state index contributed by atoms with van der Waals surface area (Å²) in [4.78, 5) is 53.2. The summed E-state index contributed by atoms with van der Waals surface area (Å²) in [5, 5.41) is 22.5. The summed E-state index contributed by atoms with van der Waals surface area (Å²) in [7, 11) is -9.82. The molecule has 7 heterocycles. The van der Waals surface area contributed by atoms with Crippen molar-refractivity contribution in [3.05, 3.63) is 29.3 Å². The topological polar surface area (TPSA) is 311 Å². The van der Waals surface area contributed by atoms with Crippen molar-refractivity contribution in [3.8, 4) is 0 Å². The Morgan fingerprint density at radius 2 is 1.47 bits per heavy atom. The Morgan fingerprint density at radius 3 is 2.20 bits per heavy atom. The van der Waals surface area contributed by atoms with E-state index in [1.54, 1.807) is 0 Å². The third-order valence-electron chi connectivity index (χ3n) is 7.32. The van der Waals surface area contributed by atoms with Crippen LogP contribution in [-0.4, -0.2) is 127 Å². The molecule has 0 spiro atoms. The van der Waals surface area contributed by atoms with E-state index in [1.807, 2.05) is 0 Å². The number of nitrogens with one attached hydrogen (secondary N) is 1. The van der Waals surface area contributed by atoms with E-state index in [0.717, 1.165) is 0 Å². The fourth-order valence-electron chi connectivity index (χ4n) is 5.30. The summed E-state index contributed by atoms with van der Waals surface area (Å²) in [6.07, 6.45) is -1.85. The van der Waals surface area contributed by atoms with Crippen molar-refractivity contribution >= 4 is 79.7 Å². The van der Waals surface area contributed by atoms with Gasteiger partial charge in [0.25, 0.3) is 0 Å². The second kappa shape index (κ2) is 11.4. The summed E-state index contributed by atoms with van der Waals surface area (Å²) < 4.78 is 51.0. The molecule has 3 fully saturated rings. The number of fused-ring (bicyclic) bond motifs is 5. The molecule has 0 radical (unpaired) electrons. The number of aliphatic hydroxyl groups excluding tert-OH is 2. The average Bonchev–Trinajstić information content (AvgIpc) is 3.72. The zero-order valence-corrected chi connectivity index (χ0v) is 27.6. The van der Waals surface area contributed by atoms with Gasteiger partial charge in [0.15, 0.2) is 0 Å². The Labute approximate surface area is 263 Å². The van der Waals surface area contributed by atoms with Crippen LogP contribution in [0, 0.1) is 0 Å². The molecule has 10 atom stereocenters. The van der Waals surface area contributed by atoms with Gasteiger partial charge in [0.2, 0.25) is 0 Å². The Kier molecular flexibility index (Phi) is 7.95. The van der Waals surface area contributed by atoms with E-state index in [9.17, 15) is 33.9 Å². The Bertz CT molecular complexity index is 1940. The predicted molar refractivity (Wildman–Crippen MR) is 153 cm³/mol. The van der Waals surface area contributed by atoms with E-state index in [0.29, 0.717) is 5.65 Å². The molecule has 0 saturated carbocycles. The number of imidazole rings is 2. The van der Waals surface area contributed by atoms with Crippen LogP contribution >= 0.6 is 15.6 Å². The molecule has 21 nitrogen and oxygen atoms in total. The van der Waals surface area contributed by atoms with Crippen LogP contribution in [0.3, 0.4) is 0 Å². The van der Waals surface area contributed by atoms with Gasteiger partial charge in [-0.25, -0.2) is 0 Å². The van der Waals surface area contributed by atoms with E-state index in [1.165, 1.54) is 28.1 Å². The minimum atomic E-state index is -4.93. The zero-order chi connectivity index (χ0) is 31.8. The Balaban J connectivity index is 1.21. The number of aliphatic hydroxyl groups is 2. The normalized spacial score (nSPS) is 37.7. The van der Waals surface area contributed by atoms with Crippen LogP contribution in [-0.2, 0) is 27.2 Å². The van der Waals surface area contributed by atoms with Crippen LogP contribution in [0.2, 0.25) is 9.63 Å². The van der Waals surface area contributed by atoms with Crippen molar-refractivity contribution in [2.45, 2.75) is 43.9 Å². The van der Waals surface area contributed by atoms with Gasteiger partial charge < -0.3 is 0 Å². The van der Waals surface area contributed by atoms with Gasteiger partial charge >= 0.3 is 264 Å². The first-order chi connectivity index (χ1) is 21.3. The van der Waals surface area contributed by atoms with E-state index in [-0.39, 0.29) is 28.4 Å². The van der Waals surface area contributed by atoms with Gasteiger partial charge in [0.05, 0.1) is 0 Å². The van der Waals surface area contributed by atoms with Crippen LogP contribution in [0.5, 0.6) is 0 Å².